The van der Waals surface area contributed by atoms with Crippen molar-refractivity contribution in [3.8, 4) is 0 Å². The molecule has 0 saturated heterocycles. The van der Waals surface area contributed by atoms with Gasteiger partial charge in [-0.2, -0.15) is 4.98 Å². The van der Waals surface area contributed by atoms with E-state index < -0.39 is 0 Å². The van der Waals surface area contributed by atoms with Gasteiger partial charge in [-0.15, -0.1) is 0 Å². The van der Waals surface area contributed by atoms with Gasteiger partial charge < -0.3 is 9.26 Å². The van der Waals surface area contributed by atoms with E-state index in [2.05, 4.69) is 10.1 Å². The Kier molecular flexibility index (Phi) is 5.66. The van der Waals surface area contributed by atoms with Gasteiger partial charge in [0.2, 0.25) is 5.89 Å². The molecule has 0 bridgehead atoms. The predicted octanol–water partition coefficient (Wildman–Crippen LogP) is 1.90. The molecule has 118 valence electrons. The van der Waals surface area contributed by atoms with Gasteiger partial charge in [0.1, 0.15) is 0 Å². The molecule has 2 rings (SSSR count). The highest BCUT2D eigenvalue weighted by Crippen LogP contribution is 2.09. The number of carbonyl (C=O) groups is 1. The molecule has 1 aromatic heterocycles. The molecule has 2 aromatic rings. The molecule has 0 spiro atoms. The Labute approximate surface area is 130 Å². The van der Waals surface area contributed by atoms with Crippen molar-refractivity contribution < 1.29 is 14.1 Å². The van der Waals surface area contributed by atoms with Crippen LogP contribution in [-0.2, 0) is 22.5 Å². The van der Waals surface area contributed by atoms with Gasteiger partial charge in [-0.3, -0.25) is 9.69 Å². The minimum absolute atomic E-state index is 0.193. The van der Waals surface area contributed by atoms with Crippen molar-refractivity contribution in [2.45, 2.75) is 19.9 Å². The number of benzene rings is 1. The first-order chi connectivity index (χ1) is 10.6. The maximum Gasteiger partial charge on any atom is 0.309 e. The van der Waals surface area contributed by atoms with Crippen LogP contribution in [0.4, 0.5) is 0 Å². The third-order valence-corrected chi connectivity index (χ3v) is 3.31. The van der Waals surface area contributed by atoms with E-state index >= 15 is 0 Å². The molecule has 0 amide bonds. The fourth-order valence-electron chi connectivity index (χ4n) is 2.24. The molecule has 1 heterocycles. The number of ether oxygens (including phenoxy) is 1. The van der Waals surface area contributed by atoms with E-state index in [9.17, 15) is 4.79 Å². The zero-order chi connectivity index (χ0) is 15.9. The summed E-state index contributed by atoms with van der Waals surface area (Å²) in [5.74, 6) is 0.796. The second-order valence-corrected chi connectivity index (χ2v) is 5.39. The zero-order valence-corrected chi connectivity index (χ0v) is 13.2. The summed E-state index contributed by atoms with van der Waals surface area (Å²) >= 11 is 0. The second-order valence-electron chi connectivity index (χ2n) is 5.39. The standard InChI is InChI=1S/C16H21N3O3/c1-12(16(20)21-3)10-19(2)11-15-17-14(18-22-15)9-13-7-5-4-6-8-13/h4-8,12H,9-11H2,1-3H3/t12-/m1/s1. The molecule has 0 unspecified atom stereocenters. The van der Waals surface area contributed by atoms with Gasteiger partial charge in [0, 0.05) is 13.0 Å². The molecule has 0 fully saturated rings. The van der Waals surface area contributed by atoms with Crippen LogP contribution < -0.4 is 0 Å². The van der Waals surface area contributed by atoms with Crippen molar-refractivity contribution in [2.75, 3.05) is 20.7 Å². The SMILES string of the molecule is COC(=O)[C@H](C)CN(C)Cc1nc(Cc2ccccc2)no1. The molecular weight excluding hydrogens is 282 g/mol. The Balaban J connectivity index is 1.87. The monoisotopic (exact) mass is 303 g/mol. The smallest absolute Gasteiger partial charge is 0.309 e. The van der Waals surface area contributed by atoms with Crippen LogP contribution in [0.1, 0.15) is 24.2 Å². The number of carbonyl (C=O) groups excluding carboxylic acids is 1. The summed E-state index contributed by atoms with van der Waals surface area (Å²) < 4.78 is 9.97. The van der Waals surface area contributed by atoms with Crippen LogP contribution in [0.25, 0.3) is 0 Å². The van der Waals surface area contributed by atoms with Gasteiger partial charge in [-0.05, 0) is 12.6 Å². The number of hydrogen-bond donors (Lipinski definition) is 0. The zero-order valence-electron chi connectivity index (χ0n) is 13.2. The lowest BCUT2D eigenvalue weighted by Gasteiger charge is -2.17. The first-order valence-electron chi connectivity index (χ1n) is 7.20. The summed E-state index contributed by atoms with van der Waals surface area (Å²) in [6.45, 7) is 2.91. The van der Waals surface area contributed by atoms with Crippen molar-refractivity contribution in [1.29, 1.82) is 0 Å². The predicted molar refractivity (Wildman–Crippen MR) is 81.1 cm³/mol. The van der Waals surface area contributed by atoms with Gasteiger partial charge >= 0.3 is 5.97 Å². The number of hydrogen-bond acceptors (Lipinski definition) is 6. The van der Waals surface area contributed by atoms with Gasteiger partial charge in [-0.1, -0.05) is 42.4 Å². The minimum Gasteiger partial charge on any atom is -0.469 e. The minimum atomic E-state index is -0.220. The number of esters is 1. The van der Waals surface area contributed by atoms with Gasteiger partial charge in [0.15, 0.2) is 5.82 Å². The first kappa shape index (κ1) is 16.2. The van der Waals surface area contributed by atoms with Crippen LogP contribution in [0.3, 0.4) is 0 Å². The maximum absolute atomic E-state index is 11.4. The number of methoxy groups -OCH3 is 1. The molecule has 0 N–H and O–H groups in total. The Morgan fingerprint density at radius 3 is 2.77 bits per heavy atom. The summed E-state index contributed by atoms with van der Waals surface area (Å²) in [5, 5.41) is 3.99. The Bertz CT molecular complexity index is 598. The lowest BCUT2D eigenvalue weighted by molar-refractivity contribution is -0.145. The molecule has 0 aliphatic carbocycles. The molecule has 0 saturated carbocycles. The fourth-order valence-corrected chi connectivity index (χ4v) is 2.24. The van der Waals surface area contributed by atoms with Crippen LogP contribution in [0, 0.1) is 5.92 Å². The van der Waals surface area contributed by atoms with Gasteiger partial charge in [-0.25, -0.2) is 0 Å². The molecule has 6 heteroatoms. The van der Waals surface area contributed by atoms with Crippen molar-refractivity contribution in [1.82, 2.24) is 15.0 Å². The molecule has 1 aromatic carbocycles. The molecular formula is C16H21N3O3. The highest BCUT2D eigenvalue weighted by Gasteiger charge is 2.17. The Morgan fingerprint density at radius 1 is 1.36 bits per heavy atom. The van der Waals surface area contributed by atoms with E-state index in [1.165, 1.54) is 7.11 Å². The van der Waals surface area contributed by atoms with Crippen molar-refractivity contribution >= 4 is 5.97 Å². The number of rotatable bonds is 7. The van der Waals surface area contributed by atoms with Gasteiger partial charge in [0.25, 0.3) is 0 Å². The van der Waals surface area contributed by atoms with E-state index in [1.807, 2.05) is 49.2 Å². The van der Waals surface area contributed by atoms with E-state index in [0.29, 0.717) is 31.2 Å². The van der Waals surface area contributed by atoms with Crippen LogP contribution in [0.15, 0.2) is 34.9 Å². The Morgan fingerprint density at radius 2 is 2.09 bits per heavy atom. The molecule has 0 aliphatic heterocycles. The van der Waals surface area contributed by atoms with Crippen LogP contribution in [0.2, 0.25) is 0 Å². The summed E-state index contributed by atoms with van der Waals surface area (Å²) in [4.78, 5) is 17.7. The first-order valence-corrected chi connectivity index (χ1v) is 7.20. The fraction of sp³-hybridized carbons (Fsp3) is 0.438. The topological polar surface area (TPSA) is 68.5 Å². The van der Waals surface area contributed by atoms with Crippen LogP contribution in [-0.4, -0.2) is 41.7 Å². The van der Waals surface area contributed by atoms with Gasteiger partial charge in [0.05, 0.1) is 19.6 Å². The average molecular weight is 303 g/mol. The summed E-state index contributed by atoms with van der Waals surface area (Å²) in [6, 6.07) is 10.00. The highest BCUT2D eigenvalue weighted by atomic mass is 16.5. The van der Waals surface area contributed by atoms with Crippen molar-refractivity contribution in [3.63, 3.8) is 0 Å². The molecule has 22 heavy (non-hydrogen) atoms. The Hall–Kier alpha value is -2.21. The van der Waals surface area contributed by atoms with E-state index in [-0.39, 0.29) is 11.9 Å². The van der Waals surface area contributed by atoms with Crippen LogP contribution >= 0.6 is 0 Å². The largest absolute Gasteiger partial charge is 0.469 e. The summed E-state index contributed by atoms with van der Waals surface area (Å²) in [7, 11) is 3.30. The number of aromatic nitrogens is 2. The van der Waals surface area contributed by atoms with E-state index in [0.717, 1.165) is 5.56 Å². The molecule has 0 aliphatic rings. The number of nitrogens with zero attached hydrogens (tertiary/aromatic N) is 3. The summed E-state index contributed by atoms with van der Waals surface area (Å²) in [6.07, 6.45) is 0.645. The highest BCUT2D eigenvalue weighted by molar-refractivity contribution is 5.72. The molecule has 6 nitrogen and oxygen atoms in total. The average Bonchev–Trinajstić information content (AvgIpc) is 2.94. The summed E-state index contributed by atoms with van der Waals surface area (Å²) in [5.41, 5.74) is 1.14. The molecule has 1 atom stereocenters. The van der Waals surface area contributed by atoms with E-state index in [1.54, 1.807) is 0 Å². The van der Waals surface area contributed by atoms with Crippen molar-refractivity contribution in [2.24, 2.45) is 5.92 Å². The lowest BCUT2D eigenvalue weighted by Crippen LogP contribution is -2.29. The normalized spacial score (nSPS) is 12.4. The second kappa shape index (κ2) is 7.70. The third-order valence-electron chi connectivity index (χ3n) is 3.31. The quantitative estimate of drug-likeness (QED) is 0.728. The third kappa shape index (κ3) is 4.66. The van der Waals surface area contributed by atoms with Crippen LogP contribution in [0.5, 0.6) is 0 Å². The lowest BCUT2D eigenvalue weighted by atomic mass is 10.1. The van der Waals surface area contributed by atoms with Crippen molar-refractivity contribution in [3.05, 3.63) is 47.6 Å². The maximum atomic E-state index is 11.4. The van der Waals surface area contributed by atoms with E-state index in [4.69, 9.17) is 9.26 Å². The molecule has 0 radical (unpaired) electrons.